The van der Waals surface area contributed by atoms with Gasteiger partial charge in [-0.15, -0.1) is 0 Å². The summed E-state index contributed by atoms with van der Waals surface area (Å²) in [6, 6.07) is 0. The van der Waals surface area contributed by atoms with Crippen molar-refractivity contribution in [1.82, 2.24) is 0 Å². The molecule has 0 radical (unpaired) electrons. The van der Waals surface area contributed by atoms with E-state index in [1.54, 1.807) is 0 Å². The molecule has 0 unspecified atom stereocenters. The van der Waals surface area contributed by atoms with Crippen LogP contribution in [0, 0.1) is 5.92 Å². The van der Waals surface area contributed by atoms with Crippen LogP contribution in [-0.2, 0) is 9.53 Å². The molecule has 1 aliphatic heterocycles. The third kappa shape index (κ3) is 4.93. The van der Waals surface area contributed by atoms with E-state index in [-0.39, 0.29) is 18.0 Å². The van der Waals surface area contributed by atoms with E-state index in [9.17, 15) is 9.90 Å². The predicted molar refractivity (Wildman–Crippen MR) is 92.9 cm³/mol. The first-order valence-corrected chi connectivity index (χ1v) is 8.43. The Balaban J connectivity index is 2.24. The van der Waals surface area contributed by atoms with Crippen LogP contribution in [0.2, 0.25) is 0 Å². The summed E-state index contributed by atoms with van der Waals surface area (Å²) in [6.07, 6.45) is 9.74. The zero-order valence-electron chi connectivity index (χ0n) is 14.5. The first-order chi connectivity index (χ1) is 10.9. The average molecular weight is 316 g/mol. The monoisotopic (exact) mass is 316 g/mol. The van der Waals surface area contributed by atoms with Crippen molar-refractivity contribution in [2.75, 3.05) is 0 Å². The largest absolute Gasteiger partial charge is 0.458 e. The number of fused-ring (bicyclic) bond motifs is 1. The standard InChI is InChI=1S/C20H28O3/c1-13-6-5-7-14(2)10-17(21)11-15(3)12-19-18(9-8-13)16(4)20(22)23-19/h7-8,11,17-19,21H,4-6,9-10,12H2,1-3H3/b13-8+,14-7+,15-11+/t17-,18-,19+/m1/s1. The summed E-state index contributed by atoms with van der Waals surface area (Å²) in [5, 5.41) is 10.2. The van der Waals surface area contributed by atoms with Gasteiger partial charge < -0.3 is 9.84 Å². The van der Waals surface area contributed by atoms with E-state index in [1.165, 1.54) is 11.1 Å². The molecule has 0 bridgehead atoms. The fourth-order valence-corrected chi connectivity index (χ4v) is 3.31. The Morgan fingerprint density at radius 2 is 1.87 bits per heavy atom. The van der Waals surface area contributed by atoms with Crippen molar-refractivity contribution in [3.8, 4) is 0 Å². The van der Waals surface area contributed by atoms with Crippen LogP contribution in [0.3, 0.4) is 0 Å². The van der Waals surface area contributed by atoms with Crippen LogP contribution in [-0.4, -0.2) is 23.3 Å². The van der Waals surface area contributed by atoms with Gasteiger partial charge in [0.1, 0.15) is 6.10 Å². The second-order valence-corrected chi connectivity index (χ2v) is 6.94. The van der Waals surface area contributed by atoms with Crippen molar-refractivity contribution in [2.45, 2.75) is 65.1 Å². The zero-order chi connectivity index (χ0) is 17.0. The molecule has 2 rings (SSSR count). The third-order valence-electron chi connectivity index (χ3n) is 4.70. The van der Waals surface area contributed by atoms with Crippen LogP contribution in [0.25, 0.3) is 0 Å². The first kappa shape index (κ1) is 17.7. The Kier molecular flexibility index (Phi) is 6.00. The van der Waals surface area contributed by atoms with Gasteiger partial charge in [-0.1, -0.05) is 41.5 Å². The van der Waals surface area contributed by atoms with Gasteiger partial charge in [0.2, 0.25) is 0 Å². The van der Waals surface area contributed by atoms with E-state index in [4.69, 9.17) is 4.74 Å². The quantitative estimate of drug-likeness (QED) is 0.413. The summed E-state index contributed by atoms with van der Waals surface area (Å²) >= 11 is 0. The minimum atomic E-state index is -0.482. The number of carbonyl (C=O) groups is 1. The Labute approximate surface area is 139 Å². The van der Waals surface area contributed by atoms with Gasteiger partial charge in [0.15, 0.2) is 0 Å². The first-order valence-electron chi connectivity index (χ1n) is 8.43. The van der Waals surface area contributed by atoms with Gasteiger partial charge in [0.05, 0.1) is 6.10 Å². The molecular formula is C20H28O3. The SMILES string of the molecule is C=C1C(=O)O[C@H]2C/C(C)=C/[C@H](O)C/C(C)=C/CC/C(C)=C/C[C@H]12. The van der Waals surface area contributed by atoms with Crippen LogP contribution < -0.4 is 0 Å². The zero-order valence-corrected chi connectivity index (χ0v) is 14.5. The molecule has 3 nitrogen and oxygen atoms in total. The minimum Gasteiger partial charge on any atom is -0.458 e. The molecule has 0 amide bonds. The molecule has 23 heavy (non-hydrogen) atoms. The molecule has 0 spiro atoms. The number of esters is 1. The molecule has 2 aliphatic rings. The second kappa shape index (κ2) is 7.78. The Hall–Kier alpha value is -1.61. The topological polar surface area (TPSA) is 46.5 Å². The van der Waals surface area contributed by atoms with Gasteiger partial charge in [-0.25, -0.2) is 4.79 Å². The third-order valence-corrected chi connectivity index (χ3v) is 4.70. The summed E-state index contributed by atoms with van der Waals surface area (Å²) in [4.78, 5) is 11.9. The Morgan fingerprint density at radius 3 is 2.61 bits per heavy atom. The Morgan fingerprint density at radius 1 is 1.13 bits per heavy atom. The van der Waals surface area contributed by atoms with E-state index in [0.29, 0.717) is 18.4 Å². The second-order valence-electron chi connectivity index (χ2n) is 6.94. The van der Waals surface area contributed by atoms with Gasteiger partial charge in [-0.3, -0.25) is 0 Å². The molecule has 3 heteroatoms. The molecule has 1 aliphatic carbocycles. The fraction of sp³-hybridized carbons (Fsp3) is 0.550. The van der Waals surface area contributed by atoms with Crippen molar-refractivity contribution in [3.63, 3.8) is 0 Å². The van der Waals surface area contributed by atoms with Crippen molar-refractivity contribution < 1.29 is 14.6 Å². The lowest BCUT2D eigenvalue weighted by atomic mass is 9.88. The van der Waals surface area contributed by atoms with E-state index in [2.05, 4.69) is 32.6 Å². The molecule has 126 valence electrons. The van der Waals surface area contributed by atoms with Gasteiger partial charge in [-0.2, -0.15) is 0 Å². The lowest BCUT2D eigenvalue weighted by Crippen LogP contribution is -2.17. The summed E-state index contributed by atoms with van der Waals surface area (Å²) in [7, 11) is 0. The highest BCUT2D eigenvalue weighted by molar-refractivity contribution is 5.90. The maximum absolute atomic E-state index is 11.9. The van der Waals surface area contributed by atoms with Crippen molar-refractivity contribution in [2.24, 2.45) is 5.92 Å². The number of ether oxygens (including phenoxy) is 1. The number of rotatable bonds is 0. The Bertz CT molecular complexity index is 565. The molecule has 0 saturated carbocycles. The molecule has 1 heterocycles. The lowest BCUT2D eigenvalue weighted by molar-refractivity contribution is -0.139. The summed E-state index contributed by atoms with van der Waals surface area (Å²) in [5.41, 5.74) is 4.17. The molecular weight excluding hydrogens is 288 g/mol. The highest BCUT2D eigenvalue weighted by Gasteiger charge is 2.37. The number of allylic oxidation sites excluding steroid dienone is 3. The number of hydrogen-bond donors (Lipinski definition) is 1. The normalized spacial score (nSPS) is 37.4. The molecule has 0 aromatic heterocycles. The number of aliphatic hydroxyl groups excluding tert-OH is 1. The molecule has 1 saturated heterocycles. The van der Waals surface area contributed by atoms with Crippen LogP contribution in [0.5, 0.6) is 0 Å². The van der Waals surface area contributed by atoms with E-state index in [1.807, 2.05) is 13.0 Å². The summed E-state index contributed by atoms with van der Waals surface area (Å²) < 4.78 is 5.50. The van der Waals surface area contributed by atoms with Crippen LogP contribution in [0.4, 0.5) is 0 Å². The molecule has 0 aromatic rings. The molecule has 0 aromatic carbocycles. The summed E-state index contributed by atoms with van der Waals surface area (Å²) in [6.45, 7) is 10.1. The minimum absolute atomic E-state index is 0.0400. The van der Waals surface area contributed by atoms with Crippen LogP contribution in [0.1, 0.15) is 52.9 Å². The van der Waals surface area contributed by atoms with Crippen molar-refractivity contribution >= 4 is 5.97 Å². The highest BCUT2D eigenvalue weighted by atomic mass is 16.6. The van der Waals surface area contributed by atoms with Crippen LogP contribution in [0.15, 0.2) is 47.1 Å². The van der Waals surface area contributed by atoms with Gasteiger partial charge in [0.25, 0.3) is 0 Å². The maximum Gasteiger partial charge on any atom is 0.334 e. The fourth-order valence-electron chi connectivity index (χ4n) is 3.31. The van der Waals surface area contributed by atoms with E-state index < -0.39 is 6.10 Å². The van der Waals surface area contributed by atoms with E-state index >= 15 is 0 Å². The van der Waals surface area contributed by atoms with E-state index in [0.717, 1.165) is 24.8 Å². The lowest BCUT2D eigenvalue weighted by Gasteiger charge is -2.18. The molecule has 3 atom stereocenters. The number of aliphatic hydroxyl groups is 1. The van der Waals surface area contributed by atoms with Gasteiger partial charge in [0, 0.05) is 17.9 Å². The maximum atomic E-state index is 11.9. The highest BCUT2D eigenvalue weighted by Crippen LogP contribution is 2.34. The smallest absolute Gasteiger partial charge is 0.334 e. The number of hydrogen-bond acceptors (Lipinski definition) is 3. The number of carbonyl (C=O) groups excluding carboxylic acids is 1. The van der Waals surface area contributed by atoms with Crippen molar-refractivity contribution in [3.05, 3.63) is 47.1 Å². The average Bonchev–Trinajstić information content (AvgIpc) is 2.70. The van der Waals surface area contributed by atoms with Gasteiger partial charge >= 0.3 is 5.97 Å². The molecule has 1 N–H and O–H groups in total. The van der Waals surface area contributed by atoms with Crippen LogP contribution >= 0.6 is 0 Å². The summed E-state index contributed by atoms with van der Waals surface area (Å²) in [5.74, 6) is -0.237. The molecule has 1 fully saturated rings. The van der Waals surface area contributed by atoms with Gasteiger partial charge in [-0.05, 0) is 46.5 Å². The van der Waals surface area contributed by atoms with Crippen molar-refractivity contribution in [1.29, 1.82) is 0 Å². The predicted octanol–water partition coefficient (Wildman–Crippen LogP) is 4.25.